The zero-order valence-corrected chi connectivity index (χ0v) is 7.36. The highest BCUT2D eigenvalue weighted by molar-refractivity contribution is 7.12. The molecule has 1 aromatic heterocycles. The average Bonchev–Trinajstić information content (AvgIpc) is 2.30. The maximum absolute atomic E-state index is 10.6. The number of thiophene rings is 1. The molecule has 0 saturated carbocycles. The quantitative estimate of drug-likeness (QED) is 0.739. The van der Waals surface area contributed by atoms with Crippen LogP contribution >= 0.6 is 11.3 Å². The standard InChI is InChI=1S/C8H10O2S/c1-3-6-4-11-7(5(6)2)8(9)10/h4H,3H2,1-2H3,(H,9,10). The van der Waals surface area contributed by atoms with Gasteiger partial charge in [0.25, 0.3) is 0 Å². The molecule has 0 bridgehead atoms. The number of aryl methyl sites for hydroxylation is 1. The SMILES string of the molecule is CCc1csc(C(=O)O)c1C. The lowest BCUT2D eigenvalue weighted by Crippen LogP contribution is -1.95. The van der Waals surface area contributed by atoms with E-state index in [2.05, 4.69) is 0 Å². The van der Waals surface area contributed by atoms with Crippen molar-refractivity contribution in [3.05, 3.63) is 21.4 Å². The zero-order valence-electron chi connectivity index (χ0n) is 6.55. The van der Waals surface area contributed by atoms with Gasteiger partial charge in [-0.15, -0.1) is 11.3 Å². The van der Waals surface area contributed by atoms with Crippen LogP contribution in [0.3, 0.4) is 0 Å². The van der Waals surface area contributed by atoms with Gasteiger partial charge in [0.2, 0.25) is 0 Å². The third kappa shape index (κ3) is 1.43. The molecule has 1 N–H and O–H groups in total. The van der Waals surface area contributed by atoms with Crippen LogP contribution in [0.5, 0.6) is 0 Å². The van der Waals surface area contributed by atoms with Crippen LogP contribution in [0.1, 0.15) is 27.7 Å². The van der Waals surface area contributed by atoms with Gasteiger partial charge in [-0.05, 0) is 29.9 Å². The molecular weight excluding hydrogens is 160 g/mol. The first-order chi connectivity index (χ1) is 5.16. The topological polar surface area (TPSA) is 37.3 Å². The minimum atomic E-state index is -0.813. The van der Waals surface area contributed by atoms with E-state index in [-0.39, 0.29) is 0 Å². The lowest BCUT2D eigenvalue weighted by atomic mass is 10.1. The highest BCUT2D eigenvalue weighted by Crippen LogP contribution is 2.21. The van der Waals surface area contributed by atoms with Crippen LogP contribution in [0, 0.1) is 6.92 Å². The minimum absolute atomic E-state index is 0.474. The van der Waals surface area contributed by atoms with Gasteiger partial charge in [-0.25, -0.2) is 4.79 Å². The van der Waals surface area contributed by atoms with E-state index in [0.717, 1.165) is 17.5 Å². The first-order valence-electron chi connectivity index (χ1n) is 3.47. The van der Waals surface area contributed by atoms with E-state index in [4.69, 9.17) is 5.11 Å². The Morgan fingerprint density at radius 3 is 2.64 bits per heavy atom. The summed E-state index contributed by atoms with van der Waals surface area (Å²) >= 11 is 1.31. The molecule has 11 heavy (non-hydrogen) atoms. The second-order valence-corrected chi connectivity index (χ2v) is 3.25. The second-order valence-electron chi connectivity index (χ2n) is 2.37. The van der Waals surface area contributed by atoms with Crippen molar-refractivity contribution in [1.29, 1.82) is 0 Å². The predicted octanol–water partition coefficient (Wildman–Crippen LogP) is 2.32. The number of carbonyl (C=O) groups is 1. The fraction of sp³-hybridized carbons (Fsp3) is 0.375. The highest BCUT2D eigenvalue weighted by atomic mass is 32.1. The fourth-order valence-electron chi connectivity index (χ4n) is 1.01. The van der Waals surface area contributed by atoms with Gasteiger partial charge < -0.3 is 5.11 Å². The van der Waals surface area contributed by atoms with E-state index >= 15 is 0 Å². The van der Waals surface area contributed by atoms with Gasteiger partial charge in [-0.1, -0.05) is 6.92 Å². The second kappa shape index (κ2) is 3.05. The number of hydrogen-bond acceptors (Lipinski definition) is 2. The van der Waals surface area contributed by atoms with Crippen LogP contribution in [0.15, 0.2) is 5.38 Å². The Labute approximate surface area is 69.5 Å². The van der Waals surface area contributed by atoms with Gasteiger partial charge in [0.1, 0.15) is 4.88 Å². The monoisotopic (exact) mass is 170 g/mol. The number of rotatable bonds is 2. The summed E-state index contributed by atoms with van der Waals surface area (Å²) in [4.78, 5) is 11.0. The number of carboxylic acids is 1. The molecule has 0 unspecified atom stereocenters. The smallest absolute Gasteiger partial charge is 0.346 e. The first-order valence-corrected chi connectivity index (χ1v) is 4.35. The van der Waals surface area contributed by atoms with Crippen molar-refractivity contribution in [2.24, 2.45) is 0 Å². The summed E-state index contributed by atoms with van der Waals surface area (Å²) in [6.07, 6.45) is 0.912. The summed E-state index contributed by atoms with van der Waals surface area (Å²) < 4.78 is 0. The molecule has 2 nitrogen and oxygen atoms in total. The van der Waals surface area contributed by atoms with Gasteiger partial charge in [0.05, 0.1) is 0 Å². The summed E-state index contributed by atoms with van der Waals surface area (Å²) in [6, 6.07) is 0. The van der Waals surface area contributed by atoms with Gasteiger partial charge in [-0.3, -0.25) is 0 Å². The largest absolute Gasteiger partial charge is 0.477 e. The number of carboxylic acid groups (broad SMARTS) is 1. The van der Waals surface area contributed by atoms with Crippen LogP contribution in [0.4, 0.5) is 0 Å². The molecule has 0 aromatic carbocycles. The van der Waals surface area contributed by atoms with Gasteiger partial charge in [0, 0.05) is 0 Å². The molecule has 0 radical (unpaired) electrons. The molecule has 3 heteroatoms. The van der Waals surface area contributed by atoms with Crippen molar-refractivity contribution in [3.63, 3.8) is 0 Å². The predicted molar refractivity (Wildman–Crippen MR) is 45.4 cm³/mol. The minimum Gasteiger partial charge on any atom is -0.477 e. The summed E-state index contributed by atoms with van der Waals surface area (Å²) in [5.74, 6) is -0.813. The molecule has 0 spiro atoms. The van der Waals surface area contributed by atoms with Crippen LogP contribution in [-0.4, -0.2) is 11.1 Å². The first kappa shape index (κ1) is 8.27. The summed E-state index contributed by atoms with van der Waals surface area (Å²) in [5.41, 5.74) is 2.07. The van der Waals surface area contributed by atoms with Crippen LogP contribution in [-0.2, 0) is 6.42 Å². The van der Waals surface area contributed by atoms with E-state index in [9.17, 15) is 4.79 Å². The Balaban J connectivity index is 3.10. The lowest BCUT2D eigenvalue weighted by molar-refractivity contribution is 0.0701. The van der Waals surface area contributed by atoms with Gasteiger partial charge in [-0.2, -0.15) is 0 Å². The number of hydrogen-bond donors (Lipinski definition) is 1. The Kier molecular flexibility index (Phi) is 2.29. The van der Waals surface area contributed by atoms with E-state index in [1.165, 1.54) is 11.3 Å². The van der Waals surface area contributed by atoms with Gasteiger partial charge in [0.15, 0.2) is 0 Å². The maximum Gasteiger partial charge on any atom is 0.346 e. The van der Waals surface area contributed by atoms with E-state index in [1.807, 2.05) is 19.2 Å². The van der Waals surface area contributed by atoms with Crippen molar-refractivity contribution in [3.8, 4) is 0 Å². The maximum atomic E-state index is 10.6. The molecule has 0 aliphatic rings. The molecule has 0 fully saturated rings. The normalized spacial score (nSPS) is 10.0. The molecule has 1 heterocycles. The fourth-order valence-corrected chi connectivity index (χ4v) is 2.02. The summed E-state index contributed by atoms with van der Waals surface area (Å²) in [6.45, 7) is 3.89. The average molecular weight is 170 g/mol. The van der Waals surface area contributed by atoms with Crippen LogP contribution in [0.2, 0.25) is 0 Å². The number of aromatic carboxylic acids is 1. The molecular formula is C8H10O2S. The molecule has 0 saturated heterocycles. The van der Waals surface area contributed by atoms with Crippen LogP contribution < -0.4 is 0 Å². The van der Waals surface area contributed by atoms with E-state index in [0.29, 0.717) is 4.88 Å². The van der Waals surface area contributed by atoms with E-state index in [1.54, 1.807) is 0 Å². The molecule has 0 aliphatic heterocycles. The third-order valence-corrected chi connectivity index (χ3v) is 2.84. The van der Waals surface area contributed by atoms with Crippen molar-refractivity contribution in [2.45, 2.75) is 20.3 Å². The van der Waals surface area contributed by atoms with Crippen molar-refractivity contribution >= 4 is 17.3 Å². The molecule has 0 amide bonds. The Morgan fingerprint density at radius 2 is 2.36 bits per heavy atom. The van der Waals surface area contributed by atoms with Crippen molar-refractivity contribution in [2.75, 3.05) is 0 Å². The Hall–Kier alpha value is -0.830. The summed E-state index contributed by atoms with van der Waals surface area (Å²) in [7, 11) is 0. The summed E-state index contributed by atoms with van der Waals surface area (Å²) in [5, 5.41) is 10.6. The Morgan fingerprint density at radius 1 is 1.73 bits per heavy atom. The highest BCUT2D eigenvalue weighted by Gasteiger charge is 2.11. The molecule has 0 atom stereocenters. The van der Waals surface area contributed by atoms with Gasteiger partial charge >= 0.3 is 5.97 Å². The third-order valence-electron chi connectivity index (χ3n) is 1.72. The molecule has 0 aliphatic carbocycles. The van der Waals surface area contributed by atoms with E-state index < -0.39 is 5.97 Å². The molecule has 1 aromatic rings. The van der Waals surface area contributed by atoms with Crippen LogP contribution in [0.25, 0.3) is 0 Å². The molecule has 60 valence electrons. The Bertz CT molecular complexity index is 276. The van der Waals surface area contributed by atoms with Crippen molar-refractivity contribution in [1.82, 2.24) is 0 Å². The zero-order chi connectivity index (χ0) is 8.43. The van der Waals surface area contributed by atoms with Crippen molar-refractivity contribution < 1.29 is 9.90 Å². The molecule has 1 rings (SSSR count). The lowest BCUT2D eigenvalue weighted by Gasteiger charge is -1.93.